The summed E-state index contributed by atoms with van der Waals surface area (Å²) in [5, 5.41) is 15.4. The second kappa shape index (κ2) is 10.3. The van der Waals surface area contributed by atoms with Crippen LogP contribution in [0.5, 0.6) is 5.88 Å². The smallest absolute Gasteiger partial charge is 0.246 e. The zero-order valence-corrected chi connectivity index (χ0v) is 25.5. The molecule has 224 valence electrons. The van der Waals surface area contributed by atoms with Crippen LogP contribution in [-0.4, -0.2) is 68.5 Å². The minimum absolute atomic E-state index is 0.0700. The van der Waals surface area contributed by atoms with Gasteiger partial charge in [-0.2, -0.15) is 10.2 Å². The molecule has 2 N–H and O–H groups in total. The summed E-state index contributed by atoms with van der Waals surface area (Å²) >= 11 is 1.55. The number of imidazole rings is 1. The Kier molecular flexibility index (Phi) is 6.47. The first kappa shape index (κ1) is 27.0. The van der Waals surface area contributed by atoms with Gasteiger partial charge < -0.3 is 24.3 Å². The Balaban J connectivity index is 1.26. The summed E-state index contributed by atoms with van der Waals surface area (Å²) in [6.45, 7) is 4.52. The molecule has 8 rings (SSSR count). The average molecular weight is 601 g/mol. The number of aromatic nitrogens is 5. The number of rotatable bonds is 5. The van der Waals surface area contributed by atoms with Crippen LogP contribution in [0, 0.1) is 11.3 Å². The lowest BCUT2D eigenvalue weighted by atomic mass is 9.62. The molecule has 2 fully saturated rings. The third-order valence-electron chi connectivity index (χ3n) is 10.2. The molecule has 43 heavy (non-hydrogen) atoms. The van der Waals surface area contributed by atoms with Crippen molar-refractivity contribution in [3.05, 3.63) is 33.6 Å². The fraction of sp³-hybridized carbons (Fsp3) is 0.581. The van der Waals surface area contributed by atoms with E-state index in [2.05, 4.69) is 29.5 Å². The van der Waals surface area contributed by atoms with E-state index in [1.165, 1.54) is 4.88 Å². The van der Waals surface area contributed by atoms with E-state index in [0.29, 0.717) is 52.8 Å². The molecule has 0 unspecified atom stereocenters. The van der Waals surface area contributed by atoms with Crippen LogP contribution in [0.1, 0.15) is 85.2 Å². The van der Waals surface area contributed by atoms with Crippen LogP contribution in [-0.2, 0) is 23.0 Å². The van der Waals surface area contributed by atoms with Gasteiger partial charge >= 0.3 is 0 Å². The van der Waals surface area contributed by atoms with Crippen LogP contribution in [0.15, 0.2) is 10.9 Å². The van der Waals surface area contributed by atoms with Crippen molar-refractivity contribution in [1.82, 2.24) is 29.6 Å². The molecule has 0 bridgehead atoms. The predicted octanol–water partition coefficient (Wildman–Crippen LogP) is 4.78. The van der Waals surface area contributed by atoms with Crippen molar-refractivity contribution in [2.45, 2.75) is 88.3 Å². The molecule has 4 aromatic heterocycles. The highest BCUT2D eigenvalue weighted by atomic mass is 32.1. The number of likely N-dealkylation sites (tertiary alicyclic amines) is 1. The monoisotopic (exact) mass is 600 g/mol. The fourth-order valence-corrected chi connectivity index (χ4v) is 9.26. The van der Waals surface area contributed by atoms with Gasteiger partial charge in [-0.15, -0.1) is 11.3 Å². The second-order valence-electron chi connectivity index (χ2n) is 12.6. The molecule has 2 aliphatic heterocycles. The van der Waals surface area contributed by atoms with Crippen LogP contribution in [0.25, 0.3) is 22.7 Å². The van der Waals surface area contributed by atoms with E-state index in [-0.39, 0.29) is 17.6 Å². The number of hydrogen-bond donors (Lipinski definition) is 1. The molecule has 0 saturated carbocycles. The fourth-order valence-electron chi connectivity index (χ4n) is 8.10. The summed E-state index contributed by atoms with van der Waals surface area (Å²) in [4.78, 5) is 18.4. The number of nitrogens with two attached hydrogens (primary N) is 1. The zero-order valence-electron chi connectivity index (χ0n) is 24.6. The van der Waals surface area contributed by atoms with Gasteiger partial charge in [-0.1, -0.05) is 5.16 Å². The number of nitrogen functional groups attached to an aromatic ring is 1. The minimum atomic E-state index is -0.379. The summed E-state index contributed by atoms with van der Waals surface area (Å²) in [6, 6.07) is 2.87. The number of nitrogens with zero attached hydrogens (tertiary/aromatic N) is 7. The molecule has 2 saturated heterocycles. The van der Waals surface area contributed by atoms with E-state index < -0.39 is 0 Å². The van der Waals surface area contributed by atoms with Gasteiger partial charge in [-0.25, -0.2) is 9.97 Å². The van der Waals surface area contributed by atoms with E-state index in [1.807, 2.05) is 6.33 Å². The van der Waals surface area contributed by atoms with E-state index in [9.17, 15) is 5.26 Å². The topological polar surface area (TPSA) is 141 Å². The SMILES string of the molecule is C[C@H](Oc1nc(-c2onc3c2CCC[C@@]32CCCc3sc(N)c(C#N)c32)nc2c1ncn2[C@@H]1CCOC1)[C@@H]1CCCN1C. The van der Waals surface area contributed by atoms with Crippen molar-refractivity contribution in [3.8, 4) is 23.5 Å². The van der Waals surface area contributed by atoms with E-state index in [1.54, 1.807) is 11.3 Å². The zero-order chi connectivity index (χ0) is 29.3. The van der Waals surface area contributed by atoms with E-state index >= 15 is 0 Å². The molecule has 6 heterocycles. The molecule has 0 amide bonds. The van der Waals surface area contributed by atoms with Crippen LogP contribution < -0.4 is 10.5 Å². The summed E-state index contributed by atoms with van der Waals surface area (Å²) in [6.07, 6.45) is 10.5. The number of anilines is 1. The van der Waals surface area contributed by atoms with Gasteiger partial charge in [-0.3, -0.25) is 4.90 Å². The van der Waals surface area contributed by atoms with Gasteiger partial charge in [-0.05, 0) is 83.9 Å². The highest BCUT2D eigenvalue weighted by Crippen LogP contribution is 2.54. The Morgan fingerprint density at radius 3 is 2.84 bits per heavy atom. The molecular weight excluding hydrogens is 564 g/mol. The number of thiophene rings is 1. The Labute approximate surface area is 254 Å². The molecule has 0 radical (unpaired) electrons. The lowest BCUT2D eigenvalue weighted by Crippen LogP contribution is -2.38. The maximum atomic E-state index is 10.1. The normalized spacial score (nSPS) is 26.1. The quantitative estimate of drug-likeness (QED) is 0.340. The average Bonchev–Trinajstić information content (AvgIpc) is 3.83. The van der Waals surface area contributed by atoms with Crippen LogP contribution >= 0.6 is 11.3 Å². The van der Waals surface area contributed by atoms with Gasteiger partial charge in [0.15, 0.2) is 11.2 Å². The summed E-state index contributed by atoms with van der Waals surface area (Å²) < 4.78 is 20.6. The number of likely N-dealkylation sites (N-methyl/N-ethyl adjacent to an activating group) is 1. The number of nitriles is 1. The first-order chi connectivity index (χ1) is 21.0. The standard InChI is InChI=1S/C31H36N8O3S/c1-17(21-7-5-12-38(21)2)41-30-24-29(39(16-34-24)18-9-13-40-15-18)35-28(36-30)25-19-6-3-10-31(26(19)37-42-25)11-4-8-22-23(31)20(14-32)27(33)43-22/h16-18,21H,3-13,15,33H2,1-2H3/t17-,18+,21-,31-/m0/s1. The van der Waals surface area contributed by atoms with Gasteiger partial charge in [0.2, 0.25) is 17.5 Å². The summed E-state index contributed by atoms with van der Waals surface area (Å²) in [7, 11) is 2.15. The molecule has 0 aromatic carbocycles. The molecule has 11 nitrogen and oxygen atoms in total. The molecular formula is C31H36N8O3S. The Morgan fingerprint density at radius 1 is 1.21 bits per heavy atom. The molecule has 4 aromatic rings. The molecule has 4 atom stereocenters. The molecule has 2 aliphatic carbocycles. The summed E-state index contributed by atoms with van der Waals surface area (Å²) in [5.74, 6) is 1.51. The third kappa shape index (κ3) is 4.12. The lowest BCUT2D eigenvalue weighted by molar-refractivity contribution is 0.118. The van der Waals surface area contributed by atoms with Crippen LogP contribution in [0.2, 0.25) is 0 Å². The van der Waals surface area contributed by atoms with Crippen LogP contribution in [0.4, 0.5) is 5.00 Å². The van der Waals surface area contributed by atoms with Crippen LogP contribution in [0.3, 0.4) is 0 Å². The Bertz CT molecular complexity index is 1740. The number of ether oxygens (including phenoxy) is 2. The molecule has 12 heteroatoms. The predicted molar refractivity (Wildman–Crippen MR) is 161 cm³/mol. The molecule has 4 aliphatic rings. The number of fused-ring (bicyclic) bond motifs is 5. The Hall–Kier alpha value is -3.53. The number of hydrogen-bond acceptors (Lipinski definition) is 11. The van der Waals surface area contributed by atoms with Gasteiger partial charge in [0, 0.05) is 28.5 Å². The molecule has 1 spiro atoms. The highest BCUT2D eigenvalue weighted by Gasteiger charge is 2.48. The maximum absolute atomic E-state index is 10.1. The first-order valence-corrected chi connectivity index (χ1v) is 16.3. The highest BCUT2D eigenvalue weighted by molar-refractivity contribution is 7.16. The third-order valence-corrected chi connectivity index (χ3v) is 11.3. The van der Waals surface area contributed by atoms with Crippen molar-refractivity contribution in [3.63, 3.8) is 0 Å². The minimum Gasteiger partial charge on any atom is -0.471 e. The maximum Gasteiger partial charge on any atom is 0.246 e. The van der Waals surface area contributed by atoms with Gasteiger partial charge in [0.1, 0.15) is 17.2 Å². The van der Waals surface area contributed by atoms with E-state index in [0.717, 1.165) is 86.8 Å². The van der Waals surface area contributed by atoms with Crippen molar-refractivity contribution in [2.24, 2.45) is 0 Å². The van der Waals surface area contributed by atoms with Crippen molar-refractivity contribution < 1.29 is 14.0 Å². The van der Waals surface area contributed by atoms with Crippen molar-refractivity contribution in [2.75, 3.05) is 32.5 Å². The van der Waals surface area contributed by atoms with Crippen molar-refractivity contribution >= 4 is 27.5 Å². The number of aryl methyl sites for hydroxylation is 1. The van der Waals surface area contributed by atoms with Crippen molar-refractivity contribution in [1.29, 1.82) is 5.26 Å². The van der Waals surface area contributed by atoms with Gasteiger partial charge in [0.25, 0.3) is 0 Å². The van der Waals surface area contributed by atoms with E-state index in [4.69, 9.17) is 39.8 Å². The summed E-state index contributed by atoms with van der Waals surface area (Å²) in [5.41, 5.74) is 11.0. The Morgan fingerprint density at radius 2 is 2.07 bits per heavy atom. The van der Waals surface area contributed by atoms with Gasteiger partial charge in [0.05, 0.1) is 30.2 Å². The largest absolute Gasteiger partial charge is 0.471 e. The second-order valence-corrected chi connectivity index (χ2v) is 13.7. The lowest BCUT2D eigenvalue weighted by Gasteiger charge is -2.39. The first-order valence-electron chi connectivity index (χ1n) is 15.5.